The predicted octanol–water partition coefficient (Wildman–Crippen LogP) is 2.43. The van der Waals surface area contributed by atoms with Crippen LogP contribution in [0.4, 0.5) is 14.5 Å². The lowest BCUT2D eigenvalue weighted by Gasteiger charge is -2.12. The summed E-state index contributed by atoms with van der Waals surface area (Å²) in [7, 11) is 0. The zero-order valence-corrected chi connectivity index (χ0v) is 13.5. The van der Waals surface area contributed by atoms with E-state index < -0.39 is 11.6 Å². The number of nitrogens with two attached hydrogens (primary N) is 1. The molecule has 1 atom stereocenters. The van der Waals surface area contributed by atoms with Gasteiger partial charge in [0.25, 0.3) is 5.91 Å². The highest BCUT2D eigenvalue weighted by Gasteiger charge is 2.14. The van der Waals surface area contributed by atoms with Gasteiger partial charge in [-0.3, -0.25) is 9.59 Å². The first kappa shape index (κ1) is 17.7. The number of hydrogen-bond acceptors (Lipinski definition) is 2. The van der Waals surface area contributed by atoms with Gasteiger partial charge in [-0.05, 0) is 44.2 Å². The Hall–Kier alpha value is -2.60. The molecule has 0 aliphatic rings. The molecule has 0 aliphatic heterocycles. The van der Waals surface area contributed by atoms with Gasteiger partial charge in [0.1, 0.15) is 6.04 Å². The van der Waals surface area contributed by atoms with E-state index in [2.05, 4.69) is 5.32 Å². The Morgan fingerprint density at radius 2 is 1.88 bits per heavy atom. The Balaban J connectivity index is 1.91. The molecule has 0 saturated heterocycles. The van der Waals surface area contributed by atoms with E-state index in [0.717, 1.165) is 12.1 Å². The minimum atomic E-state index is -0.904. The van der Waals surface area contributed by atoms with Crippen LogP contribution in [0.2, 0.25) is 0 Å². The molecule has 2 aromatic carbocycles. The Labute approximate surface area is 138 Å². The summed E-state index contributed by atoms with van der Waals surface area (Å²) in [6, 6.07) is 10.2. The lowest BCUT2D eigenvalue weighted by atomic mass is 10.1. The second-order valence-corrected chi connectivity index (χ2v) is 5.59. The summed E-state index contributed by atoms with van der Waals surface area (Å²) in [5.74, 6) is -2.12. The molecule has 0 aromatic heterocycles. The topological polar surface area (TPSA) is 62.8 Å². The van der Waals surface area contributed by atoms with Gasteiger partial charge in [0.2, 0.25) is 0 Å². The van der Waals surface area contributed by atoms with Crippen LogP contribution < -0.4 is 10.6 Å². The van der Waals surface area contributed by atoms with Gasteiger partial charge in [-0.1, -0.05) is 12.1 Å². The summed E-state index contributed by atoms with van der Waals surface area (Å²) in [5, 5.41) is 4.43. The number of carbonyl (C=O) groups excluding carboxylic acids is 2. The Bertz CT molecular complexity index is 762. The van der Waals surface area contributed by atoms with Gasteiger partial charge >= 0.3 is 0 Å². The molecule has 2 rings (SSSR count). The zero-order valence-electron chi connectivity index (χ0n) is 13.5. The molecule has 2 aromatic rings. The van der Waals surface area contributed by atoms with E-state index in [-0.39, 0.29) is 24.3 Å². The molecule has 3 N–H and O–H groups in total. The maximum atomic E-state index is 13.2. The van der Waals surface area contributed by atoms with Gasteiger partial charge in [-0.15, -0.1) is 0 Å². The van der Waals surface area contributed by atoms with Crippen LogP contribution in [0.25, 0.3) is 0 Å². The van der Waals surface area contributed by atoms with Crippen LogP contribution in [-0.2, 0) is 4.79 Å². The first-order valence-corrected chi connectivity index (χ1v) is 7.56. The van der Waals surface area contributed by atoms with Crippen molar-refractivity contribution >= 4 is 17.4 Å². The molecule has 0 bridgehead atoms. The number of anilines is 1. The number of amides is 1. The molecule has 6 heteroatoms. The Kier molecular flexibility index (Phi) is 5.76. The van der Waals surface area contributed by atoms with Crippen LogP contribution >= 0.6 is 0 Å². The lowest BCUT2D eigenvalue weighted by Crippen LogP contribution is -2.86. The third-order valence-electron chi connectivity index (χ3n) is 3.68. The molecule has 1 amide bonds. The molecule has 126 valence electrons. The van der Waals surface area contributed by atoms with Crippen molar-refractivity contribution in [3.8, 4) is 0 Å². The number of halogens is 2. The van der Waals surface area contributed by atoms with Gasteiger partial charge < -0.3 is 10.6 Å². The number of hydrogen-bond donors (Lipinski definition) is 2. The first-order chi connectivity index (χ1) is 11.4. The highest BCUT2D eigenvalue weighted by Crippen LogP contribution is 2.13. The average molecular weight is 333 g/mol. The molecule has 4 nitrogen and oxygen atoms in total. The van der Waals surface area contributed by atoms with Gasteiger partial charge in [0.15, 0.2) is 24.0 Å². The fraction of sp³-hybridized carbons (Fsp3) is 0.222. The quantitative estimate of drug-likeness (QED) is 0.798. The van der Waals surface area contributed by atoms with E-state index in [9.17, 15) is 18.4 Å². The third-order valence-corrected chi connectivity index (χ3v) is 3.68. The summed E-state index contributed by atoms with van der Waals surface area (Å²) in [4.78, 5) is 23.3. The number of benzene rings is 2. The van der Waals surface area contributed by atoms with Crippen LogP contribution in [0.5, 0.6) is 0 Å². The van der Waals surface area contributed by atoms with E-state index in [1.807, 2.05) is 0 Å². The molecular formula is C18H19F2N2O2+. The standard InChI is InChI=1S/C18H18F2N2O2/c1-11(13-6-7-16(19)17(20)9-13)21-10-18(24)22-15-5-3-4-14(8-15)12(2)23/h3-9,11,21H,10H2,1-2H3,(H,22,24)/p+1/t11-/m1/s1. The van der Waals surface area contributed by atoms with Crippen molar-refractivity contribution in [1.29, 1.82) is 0 Å². The highest BCUT2D eigenvalue weighted by atomic mass is 19.2. The number of quaternary nitrogens is 1. The predicted molar refractivity (Wildman–Crippen MR) is 86.6 cm³/mol. The maximum Gasteiger partial charge on any atom is 0.279 e. The second kappa shape index (κ2) is 7.79. The van der Waals surface area contributed by atoms with Crippen LogP contribution in [0, 0.1) is 11.6 Å². The van der Waals surface area contributed by atoms with Gasteiger partial charge in [0, 0.05) is 16.8 Å². The summed E-state index contributed by atoms with van der Waals surface area (Å²) < 4.78 is 26.2. The maximum absolute atomic E-state index is 13.2. The van der Waals surface area contributed by atoms with E-state index in [0.29, 0.717) is 16.8 Å². The van der Waals surface area contributed by atoms with Crippen LogP contribution in [-0.4, -0.2) is 18.2 Å². The van der Waals surface area contributed by atoms with Crippen molar-refractivity contribution in [2.45, 2.75) is 19.9 Å². The van der Waals surface area contributed by atoms with E-state index in [1.165, 1.54) is 13.0 Å². The fourth-order valence-electron chi connectivity index (χ4n) is 2.24. The molecule has 0 aliphatic carbocycles. The number of Topliss-reactive ketones (excluding diaryl/α,β-unsaturated/α-hetero) is 1. The molecule has 0 heterocycles. The molecule has 0 unspecified atom stereocenters. The summed E-state index contributed by atoms with van der Waals surface area (Å²) in [6.07, 6.45) is 0. The number of nitrogens with one attached hydrogen (secondary N) is 1. The largest absolute Gasteiger partial charge is 0.333 e. The molecule has 0 fully saturated rings. The minimum absolute atomic E-state index is 0.0791. The van der Waals surface area contributed by atoms with Crippen LogP contribution in [0.1, 0.15) is 35.8 Å². The van der Waals surface area contributed by atoms with Crippen molar-refractivity contribution in [1.82, 2.24) is 0 Å². The van der Waals surface area contributed by atoms with Crippen molar-refractivity contribution in [3.05, 3.63) is 65.2 Å². The van der Waals surface area contributed by atoms with E-state index in [1.54, 1.807) is 36.5 Å². The van der Waals surface area contributed by atoms with Crippen molar-refractivity contribution in [2.75, 3.05) is 11.9 Å². The van der Waals surface area contributed by atoms with Crippen LogP contribution in [0.15, 0.2) is 42.5 Å². The third kappa shape index (κ3) is 4.70. The average Bonchev–Trinajstić information content (AvgIpc) is 2.55. The summed E-state index contributed by atoms with van der Waals surface area (Å²) >= 11 is 0. The minimum Gasteiger partial charge on any atom is -0.333 e. The van der Waals surface area contributed by atoms with Crippen molar-refractivity contribution in [2.24, 2.45) is 0 Å². The highest BCUT2D eigenvalue weighted by molar-refractivity contribution is 5.97. The van der Waals surface area contributed by atoms with Gasteiger partial charge in [-0.2, -0.15) is 0 Å². The number of carbonyl (C=O) groups is 2. The van der Waals surface area contributed by atoms with Gasteiger partial charge in [0.05, 0.1) is 0 Å². The molecule has 0 radical (unpaired) electrons. The van der Waals surface area contributed by atoms with Crippen LogP contribution in [0.3, 0.4) is 0 Å². The lowest BCUT2D eigenvalue weighted by molar-refractivity contribution is -0.682. The normalized spacial score (nSPS) is 11.8. The first-order valence-electron chi connectivity index (χ1n) is 7.56. The van der Waals surface area contributed by atoms with Crippen molar-refractivity contribution in [3.63, 3.8) is 0 Å². The smallest absolute Gasteiger partial charge is 0.279 e. The monoisotopic (exact) mass is 333 g/mol. The number of ketones is 1. The second-order valence-electron chi connectivity index (χ2n) is 5.59. The summed E-state index contributed by atoms with van der Waals surface area (Å²) in [6.45, 7) is 3.37. The molecular weight excluding hydrogens is 314 g/mol. The fourth-order valence-corrected chi connectivity index (χ4v) is 2.24. The molecule has 24 heavy (non-hydrogen) atoms. The zero-order chi connectivity index (χ0) is 17.7. The van der Waals surface area contributed by atoms with Gasteiger partial charge in [-0.25, -0.2) is 8.78 Å². The van der Waals surface area contributed by atoms with Crippen molar-refractivity contribution < 1.29 is 23.7 Å². The number of rotatable bonds is 6. The summed E-state index contributed by atoms with van der Waals surface area (Å²) in [5.41, 5.74) is 1.66. The Morgan fingerprint density at radius 3 is 2.54 bits per heavy atom. The Morgan fingerprint density at radius 1 is 1.12 bits per heavy atom. The van der Waals surface area contributed by atoms with E-state index >= 15 is 0 Å². The molecule has 0 saturated carbocycles. The molecule has 0 spiro atoms. The van der Waals surface area contributed by atoms with E-state index in [4.69, 9.17) is 0 Å². The SMILES string of the molecule is CC(=O)c1cccc(NC(=O)C[NH2+][C@H](C)c2ccc(F)c(F)c2)c1.